The summed E-state index contributed by atoms with van der Waals surface area (Å²) in [6.45, 7) is 20.9. The Hall–Kier alpha value is -11.1. The monoisotopic (exact) mass is 1240 g/mol. The quantitative estimate of drug-likeness (QED) is 0.149. The predicted octanol–water partition coefficient (Wildman–Crippen LogP) is 22.8. The first-order valence-electron chi connectivity index (χ1n) is 33.9. The number of fused-ring (bicyclic) bond motifs is 14. The van der Waals surface area contributed by atoms with Gasteiger partial charge in [0.1, 0.15) is 5.58 Å². The third-order valence-electron chi connectivity index (χ3n) is 20.7. The smallest absolute Gasteiger partial charge is 0.252 e. The highest BCUT2D eigenvalue weighted by Gasteiger charge is 2.46. The van der Waals surface area contributed by atoms with Crippen LogP contribution in [0.1, 0.15) is 79.0 Å². The Labute approximate surface area is 561 Å². The van der Waals surface area contributed by atoms with Crippen LogP contribution in [-0.4, -0.2) is 15.8 Å². The van der Waals surface area contributed by atoms with Gasteiger partial charge in [-0.3, -0.25) is 0 Å². The molecule has 0 unspecified atom stereocenters. The molecule has 462 valence electrons. The molecular formula is C90H73BN4O. The fourth-order valence-corrected chi connectivity index (χ4v) is 15.9. The maximum absolute atomic E-state index is 7.15. The van der Waals surface area contributed by atoms with Gasteiger partial charge in [-0.2, -0.15) is 0 Å². The van der Waals surface area contributed by atoms with Crippen molar-refractivity contribution in [1.29, 1.82) is 0 Å². The highest BCUT2D eigenvalue weighted by molar-refractivity contribution is 7.00. The van der Waals surface area contributed by atoms with Crippen molar-refractivity contribution in [2.45, 2.75) is 78.6 Å². The number of hydrogen-bond donors (Lipinski definition) is 0. The zero-order chi connectivity index (χ0) is 65.1. The van der Waals surface area contributed by atoms with E-state index in [1.165, 1.54) is 82.3 Å². The van der Waals surface area contributed by atoms with Crippen molar-refractivity contribution in [2.24, 2.45) is 0 Å². The summed E-state index contributed by atoms with van der Waals surface area (Å²) in [6.07, 6.45) is 0. The number of benzene rings is 13. The summed E-state index contributed by atoms with van der Waals surface area (Å²) in [5, 5.41) is 7.06. The summed E-state index contributed by atoms with van der Waals surface area (Å²) in [6, 6.07) is 105. The molecule has 0 N–H and O–H groups in total. The minimum Gasteiger partial charge on any atom is -0.454 e. The maximum atomic E-state index is 7.15. The Bertz CT molecular complexity index is 5760. The number of rotatable bonds is 7. The highest BCUT2D eigenvalue weighted by atomic mass is 16.3. The van der Waals surface area contributed by atoms with Gasteiger partial charge in [-0.1, -0.05) is 269 Å². The predicted molar refractivity (Wildman–Crippen MR) is 409 cm³/mol. The molecule has 96 heavy (non-hydrogen) atoms. The second-order valence-electron chi connectivity index (χ2n) is 29.7. The van der Waals surface area contributed by atoms with E-state index < -0.39 is 0 Å². The summed E-state index contributed by atoms with van der Waals surface area (Å²) in [4.78, 5) is 5.25. The van der Waals surface area contributed by atoms with Gasteiger partial charge >= 0.3 is 0 Å². The number of anilines is 6. The van der Waals surface area contributed by atoms with Crippen LogP contribution >= 0.6 is 0 Å². The molecule has 0 fully saturated rings. The molecule has 0 atom stereocenters. The van der Waals surface area contributed by atoms with Crippen LogP contribution in [-0.2, 0) is 16.2 Å². The second kappa shape index (κ2) is 21.2. The lowest BCUT2D eigenvalue weighted by molar-refractivity contribution is 0.569. The Morgan fingerprint density at radius 1 is 0.312 bits per heavy atom. The average molecular weight is 1240 g/mol. The van der Waals surface area contributed by atoms with E-state index in [-0.39, 0.29) is 23.0 Å². The zero-order valence-electron chi connectivity index (χ0n) is 55.8. The van der Waals surface area contributed by atoms with Gasteiger partial charge in [-0.15, -0.1) is 0 Å². The molecule has 0 aliphatic carbocycles. The summed E-state index contributed by atoms with van der Waals surface area (Å²) in [7, 11) is 0. The molecule has 16 aromatic rings. The van der Waals surface area contributed by atoms with Crippen LogP contribution in [0, 0.1) is 0 Å². The van der Waals surface area contributed by atoms with E-state index in [2.05, 4.69) is 360 Å². The molecule has 0 amide bonds. The van der Waals surface area contributed by atoms with Gasteiger partial charge in [0, 0.05) is 77.6 Å². The van der Waals surface area contributed by atoms with Crippen molar-refractivity contribution < 1.29 is 4.42 Å². The molecule has 3 aromatic heterocycles. The van der Waals surface area contributed by atoms with Crippen LogP contribution in [0.2, 0.25) is 0 Å². The van der Waals surface area contributed by atoms with Gasteiger partial charge in [-0.25, -0.2) is 0 Å². The van der Waals surface area contributed by atoms with E-state index in [0.717, 1.165) is 95.2 Å². The summed E-state index contributed by atoms with van der Waals surface area (Å²) in [5.74, 6) is 0. The van der Waals surface area contributed by atoms with E-state index in [1.807, 2.05) is 0 Å². The van der Waals surface area contributed by atoms with Crippen LogP contribution < -0.4 is 26.2 Å². The van der Waals surface area contributed by atoms with E-state index in [4.69, 9.17) is 4.42 Å². The van der Waals surface area contributed by atoms with Crippen molar-refractivity contribution >= 4 is 123 Å². The lowest BCUT2D eigenvalue weighted by atomic mass is 9.33. The second-order valence-corrected chi connectivity index (χ2v) is 29.7. The Kier molecular flexibility index (Phi) is 12.7. The number of furan rings is 1. The van der Waals surface area contributed by atoms with E-state index >= 15 is 0 Å². The van der Waals surface area contributed by atoms with E-state index in [9.17, 15) is 0 Å². The van der Waals surface area contributed by atoms with Gasteiger partial charge in [0.25, 0.3) is 6.71 Å². The molecule has 18 rings (SSSR count). The van der Waals surface area contributed by atoms with Crippen LogP contribution in [0.4, 0.5) is 34.1 Å². The van der Waals surface area contributed by atoms with Gasteiger partial charge in [-0.05, 0) is 144 Å². The minimum absolute atomic E-state index is 0.0793. The average Bonchev–Trinajstić information content (AvgIpc) is 0.926. The zero-order valence-corrected chi connectivity index (χ0v) is 55.8. The normalized spacial score (nSPS) is 13.2. The van der Waals surface area contributed by atoms with Crippen molar-refractivity contribution in [1.82, 2.24) is 9.13 Å². The first-order chi connectivity index (χ1) is 46.5. The fourth-order valence-electron chi connectivity index (χ4n) is 15.9. The third-order valence-corrected chi connectivity index (χ3v) is 20.7. The molecular weight excluding hydrogens is 1160 g/mol. The molecule has 0 saturated carbocycles. The molecule has 5 nitrogen and oxygen atoms in total. The standard InChI is InChI=1S/C90H73BN4O/c1-88(2,3)60-49-59(50-61(52-60)89(4,5)6)58-43-47-76-73(51-58)91-72-46-44-64(93-74-39-22-19-33-67(74)69-45-48-77-83(86(69)93)71-35-20-23-40-75(71)92(77)63-31-17-12-18-32-63)55-79(72)95(85-65(56-27-13-10-14-28-56)36-25-37-66(85)57-29-15-11-16-30-57)81-54-62(90(7,8)9)53-80(84(81)91)94(76)78-41-26-38-70-68-34-21-24-42-82(68)96-87(70)78/h10-55H,1-9H3. The number of aromatic nitrogens is 2. The van der Waals surface area contributed by atoms with E-state index in [1.54, 1.807) is 0 Å². The molecule has 0 radical (unpaired) electrons. The highest BCUT2D eigenvalue weighted by Crippen LogP contribution is 2.53. The fraction of sp³-hybridized carbons (Fsp3) is 0.133. The van der Waals surface area contributed by atoms with Gasteiger partial charge in [0.05, 0.1) is 33.4 Å². The topological polar surface area (TPSA) is 29.5 Å². The summed E-state index contributed by atoms with van der Waals surface area (Å²) < 4.78 is 12.2. The van der Waals surface area contributed by atoms with Crippen molar-refractivity contribution in [3.05, 3.63) is 296 Å². The van der Waals surface area contributed by atoms with Crippen LogP contribution in [0.5, 0.6) is 0 Å². The molecule has 0 saturated heterocycles. The molecule has 2 aliphatic rings. The SMILES string of the molecule is CC(C)(C)c1cc(-c2ccc3c(c2)B2c4ccc(-n5c6ccccc6c6ccc7c(c8ccccc8n7-c7ccccc7)c65)cc4N(c4c(-c5ccccc5)cccc4-c4ccccc4)c4cc(C(C)(C)C)cc(c42)N3c2cccc3c2oc2ccccc23)cc(C(C)(C)C)c1. The molecule has 0 bridgehead atoms. The van der Waals surface area contributed by atoms with Crippen molar-refractivity contribution in [3.8, 4) is 44.8 Å². The van der Waals surface area contributed by atoms with Gasteiger partial charge in [0.15, 0.2) is 5.58 Å². The van der Waals surface area contributed by atoms with Crippen LogP contribution in [0.3, 0.4) is 0 Å². The molecule has 5 heterocycles. The molecule has 13 aromatic carbocycles. The largest absolute Gasteiger partial charge is 0.454 e. The lowest BCUT2D eigenvalue weighted by Gasteiger charge is -2.46. The van der Waals surface area contributed by atoms with Gasteiger partial charge < -0.3 is 23.4 Å². The van der Waals surface area contributed by atoms with Crippen LogP contribution in [0.25, 0.3) is 110 Å². The maximum Gasteiger partial charge on any atom is 0.252 e. The van der Waals surface area contributed by atoms with Crippen LogP contribution in [0.15, 0.2) is 283 Å². The first kappa shape index (κ1) is 57.6. The minimum atomic E-state index is -0.284. The van der Waals surface area contributed by atoms with Gasteiger partial charge in [0.2, 0.25) is 0 Å². The summed E-state index contributed by atoms with van der Waals surface area (Å²) >= 11 is 0. The molecule has 6 heteroatoms. The Morgan fingerprint density at radius 3 is 1.54 bits per heavy atom. The summed E-state index contributed by atoms with van der Waals surface area (Å²) in [5.41, 5.74) is 29.4. The molecule has 0 spiro atoms. The number of para-hydroxylation sites is 6. The van der Waals surface area contributed by atoms with E-state index in [0.29, 0.717) is 0 Å². The van der Waals surface area contributed by atoms with Crippen molar-refractivity contribution in [3.63, 3.8) is 0 Å². The lowest BCUT2D eigenvalue weighted by Crippen LogP contribution is -2.61. The number of nitrogens with zero attached hydrogens (tertiary/aromatic N) is 4. The van der Waals surface area contributed by atoms with Crippen molar-refractivity contribution in [2.75, 3.05) is 9.80 Å². The molecule has 2 aliphatic heterocycles. The Balaban J connectivity index is 1.00. The number of hydrogen-bond acceptors (Lipinski definition) is 3. The Morgan fingerprint density at radius 2 is 0.875 bits per heavy atom. The first-order valence-corrected chi connectivity index (χ1v) is 33.9. The third kappa shape index (κ3) is 8.84.